The molecule has 0 saturated carbocycles. The first kappa shape index (κ1) is 15.4. The van der Waals surface area contributed by atoms with Crippen molar-refractivity contribution < 1.29 is 13.5 Å². The van der Waals surface area contributed by atoms with Gasteiger partial charge in [-0.3, -0.25) is 0 Å². The van der Waals surface area contributed by atoms with E-state index in [0.717, 1.165) is 17.4 Å². The van der Waals surface area contributed by atoms with Crippen LogP contribution in [0.4, 0.5) is 8.78 Å². The van der Waals surface area contributed by atoms with Gasteiger partial charge in [0.15, 0.2) is 0 Å². The fourth-order valence-electron chi connectivity index (χ4n) is 2.30. The van der Waals surface area contributed by atoms with Crippen LogP contribution in [0.15, 0.2) is 42.5 Å². The molecule has 0 aliphatic rings. The van der Waals surface area contributed by atoms with Crippen LogP contribution in [-0.2, 0) is 0 Å². The SMILES string of the molecule is COc1cccc(C(C)NC(C)c2cc(F)cc(F)c2)c1. The Bertz CT molecular complexity index is 595. The third-order valence-electron chi connectivity index (χ3n) is 3.48. The smallest absolute Gasteiger partial charge is 0.126 e. The van der Waals surface area contributed by atoms with Crippen LogP contribution in [0, 0.1) is 11.6 Å². The predicted octanol–water partition coefficient (Wildman–Crippen LogP) is 4.39. The minimum absolute atomic E-state index is 0.0291. The van der Waals surface area contributed by atoms with Gasteiger partial charge in [-0.1, -0.05) is 12.1 Å². The average Bonchev–Trinajstić information content (AvgIpc) is 2.46. The molecule has 0 aliphatic heterocycles. The van der Waals surface area contributed by atoms with Crippen molar-refractivity contribution in [1.29, 1.82) is 0 Å². The Morgan fingerprint density at radius 1 is 0.905 bits per heavy atom. The van der Waals surface area contributed by atoms with Crippen molar-refractivity contribution in [2.24, 2.45) is 0 Å². The highest BCUT2D eigenvalue weighted by atomic mass is 19.1. The van der Waals surface area contributed by atoms with Gasteiger partial charge in [0.1, 0.15) is 17.4 Å². The van der Waals surface area contributed by atoms with E-state index in [0.29, 0.717) is 5.56 Å². The maximum atomic E-state index is 13.3. The molecule has 21 heavy (non-hydrogen) atoms. The number of hydrogen-bond donors (Lipinski definition) is 1. The maximum Gasteiger partial charge on any atom is 0.126 e. The lowest BCUT2D eigenvalue weighted by Crippen LogP contribution is -2.22. The Labute approximate surface area is 123 Å². The van der Waals surface area contributed by atoms with Gasteiger partial charge in [-0.2, -0.15) is 0 Å². The van der Waals surface area contributed by atoms with Crippen LogP contribution in [0.1, 0.15) is 37.1 Å². The first-order chi connectivity index (χ1) is 9.99. The fraction of sp³-hybridized carbons (Fsp3) is 0.294. The molecule has 0 aromatic heterocycles. The van der Waals surface area contributed by atoms with E-state index in [-0.39, 0.29) is 12.1 Å². The van der Waals surface area contributed by atoms with Crippen LogP contribution in [0.3, 0.4) is 0 Å². The highest BCUT2D eigenvalue weighted by Gasteiger charge is 2.13. The van der Waals surface area contributed by atoms with Gasteiger partial charge in [0.25, 0.3) is 0 Å². The summed E-state index contributed by atoms with van der Waals surface area (Å²) in [4.78, 5) is 0. The van der Waals surface area contributed by atoms with Gasteiger partial charge in [0.05, 0.1) is 7.11 Å². The van der Waals surface area contributed by atoms with Gasteiger partial charge in [-0.15, -0.1) is 0 Å². The van der Waals surface area contributed by atoms with E-state index < -0.39 is 11.6 Å². The van der Waals surface area contributed by atoms with E-state index in [1.54, 1.807) is 7.11 Å². The molecule has 0 saturated heterocycles. The second-order valence-electron chi connectivity index (χ2n) is 5.09. The molecule has 0 spiro atoms. The monoisotopic (exact) mass is 291 g/mol. The van der Waals surface area contributed by atoms with Crippen LogP contribution >= 0.6 is 0 Å². The second-order valence-corrected chi connectivity index (χ2v) is 5.09. The summed E-state index contributed by atoms with van der Waals surface area (Å²) in [6.07, 6.45) is 0. The molecule has 2 aromatic carbocycles. The molecule has 2 aromatic rings. The van der Waals surface area contributed by atoms with Crippen LogP contribution in [0.5, 0.6) is 5.75 Å². The Morgan fingerprint density at radius 2 is 1.52 bits per heavy atom. The Hall–Kier alpha value is -1.94. The van der Waals surface area contributed by atoms with E-state index in [4.69, 9.17) is 4.74 Å². The molecule has 0 bridgehead atoms. The van der Waals surface area contributed by atoms with E-state index >= 15 is 0 Å². The van der Waals surface area contributed by atoms with Crippen LogP contribution in [0.2, 0.25) is 0 Å². The molecule has 4 heteroatoms. The quantitative estimate of drug-likeness (QED) is 0.882. The molecular formula is C17H19F2NO. The molecule has 0 amide bonds. The van der Waals surface area contributed by atoms with Crippen molar-refractivity contribution in [2.45, 2.75) is 25.9 Å². The molecule has 2 atom stereocenters. The lowest BCUT2D eigenvalue weighted by atomic mass is 10.0. The normalized spacial score (nSPS) is 13.8. The summed E-state index contributed by atoms with van der Waals surface area (Å²) in [5, 5.41) is 3.33. The second kappa shape index (κ2) is 6.68. The zero-order valence-corrected chi connectivity index (χ0v) is 12.4. The fourth-order valence-corrected chi connectivity index (χ4v) is 2.30. The minimum Gasteiger partial charge on any atom is -0.497 e. The summed E-state index contributed by atoms with van der Waals surface area (Å²) in [6.45, 7) is 3.88. The standard InChI is InChI=1S/C17H19F2NO/c1-11(13-5-4-6-17(9-13)21-3)20-12(2)14-7-15(18)10-16(19)8-14/h4-12,20H,1-3H3. The van der Waals surface area contributed by atoms with E-state index in [9.17, 15) is 8.78 Å². The van der Waals surface area contributed by atoms with E-state index in [1.807, 2.05) is 38.1 Å². The number of nitrogens with one attached hydrogen (secondary N) is 1. The Balaban J connectivity index is 2.12. The predicted molar refractivity (Wildman–Crippen MR) is 79.3 cm³/mol. The summed E-state index contributed by atoms with van der Waals surface area (Å²) in [7, 11) is 1.62. The number of methoxy groups -OCH3 is 1. The van der Waals surface area contributed by atoms with Crippen LogP contribution < -0.4 is 10.1 Å². The lowest BCUT2D eigenvalue weighted by molar-refractivity contribution is 0.412. The molecule has 2 unspecified atom stereocenters. The summed E-state index contributed by atoms with van der Waals surface area (Å²) in [6, 6.07) is 11.1. The van der Waals surface area contributed by atoms with Crippen LogP contribution in [-0.4, -0.2) is 7.11 Å². The van der Waals surface area contributed by atoms with Gasteiger partial charge in [-0.25, -0.2) is 8.78 Å². The first-order valence-electron chi connectivity index (χ1n) is 6.85. The van der Waals surface area contributed by atoms with Crippen molar-refractivity contribution in [2.75, 3.05) is 7.11 Å². The topological polar surface area (TPSA) is 21.3 Å². The number of halogens is 2. The van der Waals surface area contributed by atoms with Gasteiger partial charge in [-0.05, 0) is 49.2 Å². The zero-order chi connectivity index (χ0) is 15.4. The van der Waals surface area contributed by atoms with Crippen LogP contribution in [0.25, 0.3) is 0 Å². The van der Waals surface area contributed by atoms with Crippen molar-refractivity contribution in [3.05, 3.63) is 65.2 Å². The zero-order valence-electron chi connectivity index (χ0n) is 12.4. The van der Waals surface area contributed by atoms with E-state index in [2.05, 4.69) is 5.32 Å². The van der Waals surface area contributed by atoms with Crippen molar-refractivity contribution in [3.63, 3.8) is 0 Å². The molecule has 2 nitrogen and oxygen atoms in total. The lowest BCUT2D eigenvalue weighted by Gasteiger charge is -2.21. The average molecular weight is 291 g/mol. The highest BCUT2D eigenvalue weighted by Crippen LogP contribution is 2.23. The first-order valence-corrected chi connectivity index (χ1v) is 6.85. The molecule has 1 N–H and O–H groups in total. The van der Waals surface area contributed by atoms with Gasteiger partial charge < -0.3 is 10.1 Å². The number of hydrogen-bond acceptors (Lipinski definition) is 2. The number of benzene rings is 2. The van der Waals surface area contributed by atoms with E-state index in [1.165, 1.54) is 12.1 Å². The molecule has 0 aliphatic carbocycles. The van der Waals surface area contributed by atoms with Crippen molar-refractivity contribution >= 4 is 0 Å². The summed E-state index contributed by atoms with van der Waals surface area (Å²) in [5.41, 5.74) is 1.64. The van der Waals surface area contributed by atoms with Crippen molar-refractivity contribution in [3.8, 4) is 5.75 Å². The number of rotatable bonds is 5. The van der Waals surface area contributed by atoms with Crippen molar-refractivity contribution in [1.82, 2.24) is 5.32 Å². The summed E-state index contributed by atoms with van der Waals surface area (Å²) in [5.74, 6) is -0.342. The van der Waals surface area contributed by atoms with Gasteiger partial charge in [0.2, 0.25) is 0 Å². The van der Waals surface area contributed by atoms with Gasteiger partial charge >= 0.3 is 0 Å². The Morgan fingerprint density at radius 3 is 2.14 bits per heavy atom. The Kier molecular flexibility index (Phi) is 4.91. The molecule has 0 radical (unpaired) electrons. The van der Waals surface area contributed by atoms with Gasteiger partial charge in [0, 0.05) is 18.2 Å². The molecule has 0 fully saturated rings. The third kappa shape index (κ3) is 4.02. The molecule has 0 heterocycles. The maximum absolute atomic E-state index is 13.3. The summed E-state index contributed by atoms with van der Waals surface area (Å²) >= 11 is 0. The largest absolute Gasteiger partial charge is 0.497 e. The third-order valence-corrected chi connectivity index (χ3v) is 3.48. The minimum atomic E-state index is -0.562. The summed E-state index contributed by atoms with van der Waals surface area (Å²) < 4.78 is 31.7. The molecular weight excluding hydrogens is 272 g/mol. The highest BCUT2D eigenvalue weighted by molar-refractivity contribution is 5.30. The molecule has 112 valence electrons. The number of ether oxygens (including phenoxy) is 1. The molecule has 2 rings (SSSR count).